The number of carbonyl (C=O) groups is 1. The van der Waals surface area contributed by atoms with E-state index in [2.05, 4.69) is 21.2 Å². The van der Waals surface area contributed by atoms with Crippen molar-refractivity contribution in [3.05, 3.63) is 83.6 Å². The zero-order valence-corrected chi connectivity index (χ0v) is 21.1. The SMILES string of the molecule is C=CCc1ccccc1OCCn1c(C)c(/C=C2\C(=N)N3N=C(C(F)(F)F)SC3=NC2=O)c2ccccc21. The minimum absolute atomic E-state index is 0.137. The van der Waals surface area contributed by atoms with E-state index in [0.717, 1.165) is 32.9 Å². The summed E-state index contributed by atoms with van der Waals surface area (Å²) in [6, 6.07) is 15.3. The molecule has 0 aliphatic carbocycles. The van der Waals surface area contributed by atoms with Gasteiger partial charge in [-0.25, -0.2) is 0 Å². The summed E-state index contributed by atoms with van der Waals surface area (Å²) in [4.78, 5) is 16.5. The van der Waals surface area contributed by atoms with Crippen LogP contribution in [0.15, 0.2) is 76.9 Å². The molecule has 7 nitrogen and oxygen atoms in total. The van der Waals surface area contributed by atoms with Crippen LogP contribution >= 0.6 is 11.8 Å². The fraction of sp³-hybridized carbons (Fsp3) is 0.185. The van der Waals surface area contributed by atoms with E-state index >= 15 is 0 Å². The molecule has 0 fully saturated rings. The number of thioether (sulfide) groups is 1. The maximum absolute atomic E-state index is 13.1. The van der Waals surface area contributed by atoms with E-state index in [1.807, 2.05) is 61.5 Å². The molecular weight excluding hydrogens is 515 g/mol. The van der Waals surface area contributed by atoms with E-state index in [-0.39, 0.29) is 22.5 Å². The highest BCUT2D eigenvalue weighted by molar-refractivity contribution is 8.27. The number of carbonyl (C=O) groups excluding carboxylic acids is 1. The number of hydrazone groups is 1. The summed E-state index contributed by atoms with van der Waals surface area (Å²) in [5.41, 5.74) is 3.28. The minimum Gasteiger partial charge on any atom is -0.491 e. The number of allylic oxidation sites excluding steroid dienone is 1. The van der Waals surface area contributed by atoms with E-state index in [4.69, 9.17) is 10.1 Å². The van der Waals surface area contributed by atoms with Crippen molar-refractivity contribution < 1.29 is 22.7 Å². The Hall–Kier alpha value is -4.12. The summed E-state index contributed by atoms with van der Waals surface area (Å²) in [5, 5.41) is 12.0. The van der Waals surface area contributed by atoms with Crippen molar-refractivity contribution >= 4 is 50.7 Å². The average molecular weight is 538 g/mol. The van der Waals surface area contributed by atoms with Gasteiger partial charge >= 0.3 is 6.18 Å². The first kappa shape index (κ1) is 25.5. The van der Waals surface area contributed by atoms with Crippen molar-refractivity contribution in [2.45, 2.75) is 26.1 Å². The van der Waals surface area contributed by atoms with Crippen LogP contribution in [0.2, 0.25) is 0 Å². The molecular formula is C27H22F3N5O2S. The molecule has 0 atom stereocenters. The number of rotatable bonds is 7. The van der Waals surface area contributed by atoms with Gasteiger partial charge < -0.3 is 9.30 Å². The summed E-state index contributed by atoms with van der Waals surface area (Å²) < 4.78 is 47.6. The van der Waals surface area contributed by atoms with Gasteiger partial charge in [-0.15, -0.1) is 6.58 Å². The predicted octanol–water partition coefficient (Wildman–Crippen LogP) is 5.94. The van der Waals surface area contributed by atoms with Crippen LogP contribution in [0.25, 0.3) is 17.0 Å². The Morgan fingerprint density at radius 2 is 1.89 bits per heavy atom. The molecule has 1 N–H and O–H groups in total. The van der Waals surface area contributed by atoms with E-state index < -0.39 is 23.0 Å². The average Bonchev–Trinajstić information content (AvgIpc) is 3.43. The zero-order valence-electron chi connectivity index (χ0n) is 20.2. The Balaban J connectivity index is 1.46. The highest BCUT2D eigenvalue weighted by Crippen LogP contribution is 2.36. The van der Waals surface area contributed by atoms with Crippen LogP contribution in [0, 0.1) is 12.3 Å². The Kier molecular flexibility index (Phi) is 6.70. The number of alkyl halides is 3. The molecule has 0 radical (unpaired) electrons. The normalized spacial score (nSPS) is 16.6. The molecule has 194 valence electrons. The smallest absolute Gasteiger partial charge is 0.441 e. The number of aromatic nitrogens is 1. The Morgan fingerprint density at radius 3 is 2.66 bits per heavy atom. The molecule has 0 spiro atoms. The van der Waals surface area contributed by atoms with Gasteiger partial charge in [0.1, 0.15) is 12.4 Å². The Labute approximate surface area is 220 Å². The summed E-state index contributed by atoms with van der Waals surface area (Å²) >= 11 is 0.227. The summed E-state index contributed by atoms with van der Waals surface area (Å²) in [6.45, 7) is 6.56. The van der Waals surface area contributed by atoms with Gasteiger partial charge in [0.2, 0.25) is 10.2 Å². The van der Waals surface area contributed by atoms with Gasteiger partial charge in [-0.1, -0.05) is 42.5 Å². The highest BCUT2D eigenvalue weighted by atomic mass is 32.2. The quantitative estimate of drug-likeness (QED) is 0.299. The number of amides is 1. The third-order valence-electron chi connectivity index (χ3n) is 6.17. The molecule has 3 aromatic rings. The zero-order chi connectivity index (χ0) is 27.0. The number of halogens is 3. The second kappa shape index (κ2) is 9.97. The molecule has 1 aromatic heterocycles. The molecule has 3 heterocycles. The molecule has 0 bridgehead atoms. The lowest BCUT2D eigenvalue weighted by molar-refractivity contribution is -0.114. The van der Waals surface area contributed by atoms with Gasteiger partial charge in [0, 0.05) is 22.2 Å². The summed E-state index contributed by atoms with van der Waals surface area (Å²) in [6.07, 6.45) is -0.687. The van der Waals surface area contributed by atoms with Gasteiger partial charge in [-0.2, -0.15) is 28.3 Å². The first-order chi connectivity index (χ1) is 18.2. The van der Waals surface area contributed by atoms with Crippen LogP contribution in [-0.2, 0) is 17.8 Å². The number of hydrogen-bond donors (Lipinski definition) is 1. The maximum atomic E-state index is 13.1. The molecule has 2 aromatic carbocycles. The number of nitrogens with zero attached hydrogens (tertiary/aromatic N) is 4. The number of nitrogens with one attached hydrogen (secondary N) is 1. The molecule has 11 heteroatoms. The van der Waals surface area contributed by atoms with Gasteiger partial charge in [0.25, 0.3) is 5.91 Å². The third kappa shape index (κ3) is 4.65. The van der Waals surface area contributed by atoms with E-state index in [9.17, 15) is 18.0 Å². The molecule has 2 aliphatic heterocycles. The number of amidine groups is 2. The molecule has 0 unspecified atom stereocenters. The van der Waals surface area contributed by atoms with Crippen molar-refractivity contribution in [1.29, 1.82) is 5.41 Å². The predicted molar refractivity (Wildman–Crippen MR) is 144 cm³/mol. The highest BCUT2D eigenvalue weighted by Gasteiger charge is 2.46. The van der Waals surface area contributed by atoms with Crippen LogP contribution in [0.1, 0.15) is 16.8 Å². The summed E-state index contributed by atoms with van der Waals surface area (Å²) in [5.74, 6) is -0.461. The van der Waals surface area contributed by atoms with Crippen LogP contribution in [0.5, 0.6) is 5.75 Å². The van der Waals surface area contributed by atoms with Gasteiger partial charge in [-0.05, 0) is 48.9 Å². The second-order valence-corrected chi connectivity index (χ2v) is 9.50. The van der Waals surface area contributed by atoms with Gasteiger partial charge in [0.05, 0.1) is 12.1 Å². The Bertz CT molecular complexity index is 1570. The lowest BCUT2D eigenvalue weighted by Gasteiger charge is -2.20. The largest absolute Gasteiger partial charge is 0.491 e. The lowest BCUT2D eigenvalue weighted by atomic mass is 10.1. The number of para-hydroxylation sites is 2. The molecule has 0 saturated heterocycles. The van der Waals surface area contributed by atoms with Crippen LogP contribution in [0.3, 0.4) is 0 Å². The standard InChI is InChI=1S/C27H22F3N5O2S/c1-3-8-17-9-4-7-12-22(17)37-14-13-34-16(2)19(18-10-5-6-11-21(18)34)15-20-23(31)35-26(32-24(20)36)38-25(33-35)27(28,29)30/h3-7,9-12,15,31H,1,8,13-14H2,2H3/b20-15+,31-23?. The third-order valence-corrected chi connectivity index (χ3v) is 7.13. The molecule has 5 rings (SSSR count). The number of fused-ring (bicyclic) bond motifs is 2. The van der Waals surface area contributed by atoms with Crippen molar-refractivity contribution in [3.8, 4) is 5.75 Å². The number of ether oxygens (including phenoxy) is 1. The van der Waals surface area contributed by atoms with Crippen LogP contribution in [-0.4, -0.2) is 44.3 Å². The van der Waals surface area contributed by atoms with E-state index in [1.54, 1.807) is 0 Å². The van der Waals surface area contributed by atoms with Crippen molar-refractivity contribution in [2.24, 2.45) is 10.1 Å². The number of benzene rings is 2. The molecule has 2 aliphatic rings. The first-order valence-electron chi connectivity index (χ1n) is 11.7. The van der Waals surface area contributed by atoms with Crippen molar-refractivity contribution in [2.75, 3.05) is 6.61 Å². The second-order valence-electron chi connectivity index (χ2n) is 8.54. The number of hydrogen-bond acceptors (Lipinski definition) is 5. The molecule has 0 saturated carbocycles. The first-order valence-corrected chi connectivity index (χ1v) is 12.5. The lowest BCUT2D eigenvalue weighted by Crippen LogP contribution is -2.35. The van der Waals surface area contributed by atoms with E-state index in [1.165, 1.54) is 6.08 Å². The molecule has 38 heavy (non-hydrogen) atoms. The topological polar surface area (TPSA) is 83.0 Å². The fourth-order valence-electron chi connectivity index (χ4n) is 4.39. The van der Waals surface area contributed by atoms with Gasteiger partial charge in [0.15, 0.2) is 5.84 Å². The minimum atomic E-state index is -4.70. The Morgan fingerprint density at radius 1 is 1.16 bits per heavy atom. The maximum Gasteiger partial charge on any atom is 0.441 e. The monoisotopic (exact) mass is 537 g/mol. The van der Waals surface area contributed by atoms with Crippen LogP contribution < -0.4 is 4.74 Å². The van der Waals surface area contributed by atoms with Crippen molar-refractivity contribution in [1.82, 2.24) is 9.58 Å². The fourth-order valence-corrected chi connectivity index (χ4v) is 5.15. The van der Waals surface area contributed by atoms with E-state index in [0.29, 0.717) is 25.1 Å². The van der Waals surface area contributed by atoms with Gasteiger partial charge in [-0.3, -0.25) is 10.2 Å². The van der Waals surface area contributed by atoms with Crippen LogP contribution in [0.4, 0.5) is 13.2 Å². The van der Waals surface area contributed by atoms with Crippen molar-refractivity contribution in [3.63, 3.8) is 0 Å². The summed E-state index contributed by atoms with van der Waals surface area (Å²) in [7, 11) is 0. The number of aliphatic imine (C=N–C) groups is 1. The molecule has 1 amide bonds.